The number of esters is 1. The van der Waals surface area contributed by atoms with Gasteiger partial charge >= 0.3 is 5.97 Å². The molecular formula is C18H20N2O6. The van der Waals surface area contributed by atoms with Crippen LogP contribution >= 0.6 is 0 Å². The second-order valence-corrected chi connectivity index (χ2v) is 6.66. The zero-order valence-electron chi connectivity index (χ0n) is 14.8. The Morgan fingerprint density at radius 1 is 1.35 bits per heavy atom. The fraction of sp³-hybridized carbons (Fsp3) is 0.389. The van der Waals surface area contributed by atoms with E-state index < -0.39 is 23.4 Å². The molecule has 0 radical (unpaired) electrons. The average Bonchev–Trinajstić information content (AvgIpc) is 2.80. The number of nitrogens with one attached hydrogen (secondary N) is 1. The Balaban J connectivity index is 2.03. The number of primary amides is 1. The van der Waals surface area contributed by atoms with Gasteiger partial charge in [-0.15, -0.1) is 0 Å². The molecule has 0 unspecified atom stereocenters. The molecule has 1 aromatic carbocycles. The Morgan fingerprint density at radius 2 is 2.08 bits per heavy atom. The molecule has 2 amide bonds. The summed E-state index contributed by atoms with van der Waals surface area (Å²) in [5.74, 6) is -1.03. The molecule has 3 rings (SSSR count). The molecule has 1 atom stereocenters. The largest absolute Gasteiger partial charge is 0.493 e. The van der Waals surface area contributed by atoms with Crippen LogP contribution in [-0.2, 0) is 19.1 Å². The highest BCUT2D eigenvalue weighted by atomic mass is 16.6. The van der Waals surface area contributed by atoms with Gasteiger partial charge in [0.05, 0.1) is 18.4 Å². The van der Waals surface area contributed by atoms with Gasteiger partial charge in [-0.25, -0.2) is 4.79 Å². The first-order chi connectivity index (χ1) is 12.2. The Morgan fingerprint density at radius 3 is 2.73 bits per heavy atom. The van der Waals surface area contributed by atoms with Crippen LogP contribution in [0.15, 0.2) is 29.5 Å². The van der Waals surface area contributed by atoms with Gasteiger partial charge in [-0.2, -0.15) is 0 Å². The molecule has 2 heterocycles. The maximum atomic E-state index is 12.4. The third kappa shape index (κ3) is 3.10. The van der Waals surface area contributed by atoms with E-state index in [1.807, 2.05) is 0 Å². The molecule has 0 saturated heterocycles. The first kappa shape index (κ1) is 17.8. The highest BCUT2D eigenvalue weighted by Crippen LogP contribution is 2.44. The molecule has 8 nitrogen and oxygen atoms in total. The van der Waals surface area contributed by atoms with Crippen molar-refractivity contribution in [2.75, 3.05) is 13.7 Å². The fourth-order valence-electron chi connectivity index (χ4n) is 3.23. The first-order valence-electron chi connectivity index (χ1n) is 8.10. The number of carbonyl (C=O) groups excluding carboxylic acids is 3. The lowest BCUT2D eigenvalue weighted by Crippen LogP contribution is -2.38. The number of nitrogens with two attached hydrogens (primary N) is 1. The van der Waals surface area contributed by atoms with Crippen molar-refractivity contribution >= 4 is 17.8 Å². The van der Waals surface area contributed by atoms with E-state index in [0.717, 1.165) is 0 Å². The molecule has 8 heteroatoms. The summed E-state index contributed by atoms with van der Waals surface area (Å²) < 4.78 is 16.0. The van der Waals surface area contributed by atoms with Crippen molar-refractivity contribution in [1.29, 1.82) is 0 Å². The minimum absolute atomic E-state index is 0.103. The lowest BCUT2D eigenvalue weighted by atomic mass is 9.82. The van der Waals surface area contributed by atoms with Gasteiger partial charge in [0, 0.05) is 12.3 Å². The molecule has 3 N–H and O–H groups in total. The molecule has 0 fully saturated rings. The summed E-state index contributed by atoms with van der Waals surface area (Å²) >= 11 is 0. The Kier molecular flexibility index (Phi) is 4.35. The minimum atomic E-state index is -0.890. The maximum Gasteiger partial charge on any atom is 0.337 e. The van der Waals surface area contributed by atoms with Crippen molar-refractivity contribution < 1.29 is 28.6 Å². The normalized spacial score (nSPS) is 21.0. The monoisotopic (exact) mass is 360 g/mol. The van der Waals surface area contributed by atoms with E-state index in [1.165, 1.54) is 7.11 Å². The van der Waals surface area contributed by atoms with Crippen LogP contribution in [0.5, 0.6) is 11.5 Å². The van der Waals surface area contributed by atoms with Gasteiger partial charge in [0.2, 0.25) is 5.91 Å². The molecule has 0 aliphatic carbocycles. The molecule has 26 heavy (non-hydrogen) atoms. The number of methoxy groups -OCH3 is 1. The summed E-state index contributed by atoms with van der Waals surface area (Å²) in [6, 6.07) is 5.06. The third-order valence-corrected chi connectivity index (χ3v) is 4.40. The summed E-state index contributed by atoms with van der Waals surface area (Å²) in [6.45, 7) is 3.14. The SMILES string of the molecule is COc1ccc([C@H]2CC(=O)NC3=C2C(=O)OC3(C)C)cc1OCC(N)=O. The number of cyclic esters (lactones) is 1. The van der Waals surface area contributed by atoms with E-state index in [2.05, 4.69) is 5.32 Å². The molecule has 2 aliphatic heterocycles. The van der Waals surface area contributed by atoms with Crippen molar-refractivity contribution in [3.8, 4) is 11.5 Å². The van der Waals surface area contributed by atoms with Gasteiger partial charge in [0.1, 0.15) is 5.60 Å². The predicted octanol–water partition coefficient (Wildman–Crippen LogP) is 0.752. The van der Waals surface area contributed by atoms with Gasteiger partial charge in [-0.3, -0.25) is 9.59 Å². The van der Waals surface area contributed by atoms with Crippen molar-refractivity contribution in [3.05, 3.63) is 35.0 Å². The van der Waals surface area contributed by atoms with Crippen molar-refractivity contribution in [1.82, 2.24) is 5.32 Å². The van der Waals surface area contributed by atoms with E-state index in [9.17, 15) is 14.4 Å². The van der Waals surface area contributed by atoms with Crippen LogP contribution in [0.4, 0.5) is 0 Å². The molecule has 0 bridgehead atoms. The lowest BCUT2D eigenvalue weighted by Gasteiger charge is -2.27. The predicted molar refractivity (Wildman–Crippen MR) is 90.4 cm³/mol. The summed E-state index contributed by atoms with van der Waals surface area (Å²) in [4.78, 5) is 35.6. The number of carbonyl (C=O) groups is 3. The zero-order chi connectivity index (χ0) is 19.1. The zero-order valence-corrected chi connectivity index (χ0v) is 14.8. The van der Waals surface area contributed by atoms with Gasteiger partial charge in [-0.1, -0.05) is 6.07 Å². The van der Waals surface area contributed by atoms with Crippen LogP contribution in [0, 0.1) is 0 Å². The second kappa shape index (κ2) is 6.36. The van der Waals surface area contributed by atoms with Gasteiger partial charge < -0.3 is 25.3 Å². The number of amides is 2. The molecule has 138 valence electrons. The van der Waals surface area contributed by atoms with E-state index >= 15 is 0 Å². The Hall–Kier alpha value is -3.03. The molecular weight excluding hydrogens is 340 g/mol. The number of ether oxygens (including phenoxy) is 3. The first-order valence-corrected chi connectivity index (χ1v) is 8.10. The fourth-order valence-corrected chi connectivity index (χ4v) is 3.23. The quantitative estimate of drug-likeness (QED) is 0.749. The minimum Gasteiger partial charge on any atom is -0.493 e. The van der Waals surface area contributed by atoms with Gasteiger partial charge in [0.15, 0.2) is 18.1 Å². The lowest BCUT2D eigenvalue weighted by molar-refractivity contribution is -0.144. The van der Waals surface area contributed by atoms with E-state index in [1.54, 1.807) is 32.0 Å². The van der Waals surface area contributed by atoms with Crippen molar-refractivity contribution in [2.45, 2.75) is 31.8 Å². The Labute approximate surface area is 150 Å². The summed E-state index contributed by atoms with van der Waals surface area (Å²) in [5.41, 5.74) is 5.83. The number of benzene rings is 1. The van der Waals surface area contributed by atoms with Gasteiger partial charge in [0.25, 0.3) is 5.91 Å². The van der Waals surface area contributed by atoms with Crippen LogP contribution in [0.1, 0.15) is 31.7 Å². The highest BCUT2D eigenvalue weighted by molar-refractivity contribution is 5.99. The van der Waals surface area contributed by atoms with Crippen LogP contribution in [0.2, 0.25) is 0 Å². The standard InChI is InChI=1S/C18H20N2O6/c1-18(2)16-15(17(23)26-18)10(7-14(22)20-16)9-4-5-11(24-3)12(6-9)25-8-13(19)21/h4-6,10H,7-8H2,1-3H3,(H2,19,21)(H,20,22)/t10-/m1/s1. The smallest absolute Gasteiger partial charge is 0.337 e. The van der Waals surface area contributed by atoms with Crippen LogP contribution in [0.25, 0.3) is 0 Å². The Bertz CT molecular complexity index is 827. The van der Waals surface area contributed by atoms with Gasteiger partial charge in [-0.05, 0) is 31.5 Å². The third-order valence-electron chi connectivity index (χ3n) is 4.40. The maximum absolute atomic E-state index is 12.4. The van der Waals surface area contributed by atoms with E-state index in [-0.39, 0.29) is 18.9 Å². The van der Waals surface area contributed by atoms with Crippen LogP contribution < -0.4 is 20.5 Å². The van der Waals surface area contributed by atoms with Crippen LogP contribution in [-0.4, -0.2) is 37.1 Å². The van der Waals surface area contributed by atoms with Crippen molar-refractivity contribution in [3.63, 3.8) is 0 Å². The molecule has 1 aromatic rings. The summed E-state index contributed by atoms with van der Waals surface area (Å²) in [6.07, 6.45) is 0.103. The average molecular weight is 360 g/mol. The number of hydrogen-bond donors (Lipinski definition) is 2. The van der Waals surface area contributed by atoms with Crippen LogP contribution in [0.3, 0.4) is 0 Å². The topological polar surface area (TPSA) is 117 Å². The van der Waals surface area contributed by atoms with E-state index in [0.29, 0.717) is 28.3 Å². The molecule has 0 spiro atoms. The summed E-state index contributed by atoms with van der Waals surface area (Å²) in [5, 5.41) is 2.75. The molecule has 0 aromatic heterocycles. The summed E-state index contributed by atoms with van der Waals surface area (Å²) in [7, 11) is 1.47. The molecule has 2 aliphatic rings. The highest BCUT2D eigenvalue weighted by Gasteiger charge is 2.47. The number of rotatable bonds is 5. The number of hydrogen-bond acceptors (Lipinski definition) is 6. The van der Waals surface area contributed by atoms with E-state index in [4.69, 9.17) is 19.9 Å². The van der Waals surface area contributed by atoms with Crippen molar-refractivity contribution in [2.24, 2.45) is 5.73 Å². The second-order valence-electron chi connectivity index (χ2n) is 6.66. The molecule has 0 saturated carbocycles.